The molecule has 14 heteroatoms. The number of anilines is 4. The van der Waals surface area contributed by atoms with Crippen molar-refractivity contribution < 1.29 is 19.2 Å². The molecule has 1 aromatic carbocycles. The van der Waals surface area contributed by atoms with Crippen molar-refractivity contribution in [1.82, 2.24) is 30.2 Å². The lowest BCUT2D eigenvalue weighted by Gasteiger charge is -2.61. The molecule has 0 bridgehead atoms. The molecule has 2 N–H and O–H groups in total. The number of ether oxygens (including phenoxy) is 1. The summed E-state index contributed by atoms with van der Waals surface area (Å²) in [5.74, 6) is 3.08. The molecule has 14 nitrogen and oxygen atoms in total. The number of para-hydroxylation sites is 1. The number of carbonyl (C=O) groups excluding carboxylic acids is 1. The van der Waals surface area contributed by atoms with Crippen molar-refractivity contribution in [2.45, 2.75) is 70.4 Å². The number of benzene rings is 1. The van der Waals surface area contributed by atoms with E-state index >= 15 is 0 Å². The zero-order valence-electron chi connectivity index (χ0n) is 31.4. The molecule has 284 valence electrons. The van der Waals surface area contributed by atoms with Gasteiger partial charge in [-0.15, -0.1) is 10.2 Å². The van der Waals surface area contributed by atoms with Crippen LogP contribution >= 0.6 is 0 Å². The number of rotatable bonds is 9. The van der Waals surface area contributed by atoms with Crippen LogP contribution in [0.15, 0.2) is 53.3 Å². The molecule has 5 aliphatic rings. The summed E-state index contributed by atoms with van der Waals surface area (Å²) in [7, 11) is 0. The maximum absolute atomic E-state index is 12.5. The number of likely N-dealkylation sites (tertiary alicyclic amines) is 1. The van der Waals surface area contributed by atoms with E-state index in [0.29, 0.717) is 41.0 Å². The van der Waals surface area contributed by atoms with Gasteiger partial charge in [0.05, 0.1) is 24.0 Å². The van der Waals surface area contributed by atoms with Crippen molar-refractivity contribution in [3.63, 3.8) is 0 Å². The van der Waals surface area contributed by atoms with Crippen LogP contribution in [-0.4, -0.2) is 112 Å². The fraction of sp³-hybridized carbons (Fsp3) is 0.550. The Morgan fingerprint density at radius 1 is 1.02 bits per heavy atom. The molecule has 0 radical (unpaired) electrons. The van der Waals surface area contributed by atoms with Gasteiger partial charge in [0.25, 0.3) is 0 Å². The van der Waals surface area contributed by atoms with Crippen molar-refractivity contribution in [2.24, 2.45) is 11.3 Å². The molecule has 4 aliphatic heterocycles. The number of aromatic nitrogens is 5. The summed E-state index contributed by atoms with van der Waals surface area (Å²) < 4.78 is 10.9. The van der Waals surface area contributed by atoms with E-state index in [-0.39, 0.29) is 23.7 Å². The Balaban J connectivity index is 0.745. The van der Waals surface area contributed by atoms with Crippen LogP contribution in [0, 0.1) is 11.3 Å². The molecule has 1 spiro atoms. The number of phenols is 1. The first-order chi connectivity index (χ1) is 26.3. The summed E-state index contributed by atoms with van der Waals surface area (Å²) in [6, 6.07) is 12.1. The van der Waals surface area contributed by atoms with Crippen LogP contribution in [0.5, 0.6) is 5.75 Å². The molecule has 4 fully saturated rings. The minimum atomic E-state index is -0.429. The first kappa shape index (κ1) is 34.8. The predicted molar refractivity (Wildman–Crippen MR) is 205 cm³/mol. The van der Waals surface area contributed by atoms with E-state index in [1.165, 1.54) is 18.4 Å². The summed E-state index contributed by atoms with van der Waals surface area (Å²) >= 11 is 0. The van der Waals surface area contributed by atoms with E-state index in [9.17, 15) is 9.90 Å². The summed E-state index contributed by atoms with van der Waals surface area (Å²) in [6.07, 6.45) is 8.85. The number of carbonyl (C=O) groups is 1. The molecule has 0 amide bonds. The summed E-state index contributed by atoms with van der Waals surface area (Å²) in [5, 5.41) is 27.0. The minimum Gasteiger partial charge on any atom is -0.507 e. The zero-order chi connectivity index (χ0) is 37.0. The lowest BCUT2D eigenvalue weighted by atomic mass is 9.60. The van der Waals surface area contributed by atoms with Crippen LogP contribution in [0.4, 0.5) is 23.3 Å². The average molecular weight is 735 g/mol. The van der Waals surface area contributed by atoms with E-state index < -0.39 is 5.92 Å². The quantitative estimate of drug-likeness (QED) is 0.225. The number of nitrogens with one attached hydrogen (secondary N) is 1. The number of hydrogen-bond acceptors (Lipinski definition) is 14. The maximum Gasteiger partial charge on any atom is 0.317 e. The number of phenolic OH excluding ortho intramolecular Hbond substituents is 1. The second kappa shape index (κ2) is 14.0. The SMILES string of the molecule is CCOC(=O)C(c1cc(N2CC3(CC(N4CCC(c5cnc(N6CCN7c8cc(-c9ccccc9O)nnc8NC[C@@H]7C6)nc5)CC4)C3)C2)no1)C(C)C. The fourth-order valence-corrected chi connectivity index (χ4v) is 9.50. The second-order valence-electron chi connectivity index (χ2n) is 16.3. The molecular weight excluding hydrogens is 685 g/mol. The summed E-state index contributed by atoms with van der Waals surface area (Å²) in [6.45, 7) is 13.6. The van der Waals surface area contributed by atoms with Gasteiger partial charge in [0.1, 0.15) is 11.7 Å². The molecular formula is C40H50N10O4. The number of piperazine rings is 1. The lowest BCUT2D eigenvalue weighted by molar-refractivity contribution is -0.146. The number of hydrogen-bond donors (Lipinski definition) is 2. The molecule has 4 aromatic rings. The Labute approximate surface area is 315 Å². The lowest BCUT2D eigenvalue weighted by Crippen LogP contribution is -2.67. The van der Waals surface area contributed by atoms with E-state index in [0.717, 1.165) is 88.5 Å². The van der Waals surface area contributed by atoms with Crippen LogP contribution in [0.2, 0.25) is 0 Å². The Kier molecular flexibility index (Phi) is 9.03. The second-order valence-corrected chi connectivity index (χ2v) is 16.3. The highest BCUT2D eigenvalue weighted by Gasteiger charge is 2.54. The third-order valence-corrected chi connectivity index (χ3v) is 12.5. The monoisotopic (exact) mass is 734 g/mol. The van der Waals surface area contributed by atoms with Crippen LogP contribution in [0.3, 0.4) is 0 Å². The van der Waals surface area contributed by atoms with Gasteiger partial charge in [0.15, 0.2) is 17.4 Å². The first-order valence-electron chi connectivity index (χ1n) is 19.6. The Hall–Kier alpha value is -4.98. The van der Waals surface area contributed by atoms with Crippen LogP contribution in [-0.2, 0) is 9.53 Å². The standard InChI is InChI=1S/C40H50N10O4/c1-4-53-38(52)36(25(2)3)34-16-35(46-54-34)49-23-40(24-49)17-28(18-40)47-11-9-26(10-12-47)27-19-42-39(43-20-27)48-13-14-50-29(22-48)21-41-37-32(50)15-31(44-45-37)30-7-5-6-8-33(30)51/h5-8,15-16,19-20,25-26,28-29,36,51H,4,9-14,17-18,21-24H2,1-3H3,(H,41,45)/t29-,36?/m1/s1. The zero-order valence-corrected chi connectivity index (χ0v) is 31.4. The average Bonchev–Trinajstić information content (AvgIpc) is 3.62. The van der Waals surface area contributed by atoms with Gasteiger partial charge >= 0.3 is 5.97 Å². The van der Waals surface area contributed by atoms with E-state index in [4.69, 9.17) is 19.2 Å². The number of nitrogens with zero attached hydrogens (tertiary/aromatic N) is 9. The van der Waals surface area contributed by atoms with Gasteiger partial charge < -0.3 is 39.3 Å². The molecule has 3 saturated heterocycles. The summed E-state index contributed by atoms with van der Waals surface area (Å²) in [4.78, 5) is 32.0. The number of piperidine rings is 1. The maximum atomic E-state index is 12.5. The highest BCUT2D eigenvalue weighted by Crippen LogP contribution is 2.52. The van der Waals surface area contributed by atoms with Crippen molar-refractivity contribution in [1.29, 1.82) is 0 Å². The largest absolute Gasteiger partial charge is 0.507 e. The van der Waals surface area contributed by atoms with Gasteiger partial charge in [-0.3, -0.25) is 4.79 Å². The van der Waals surface area contributed by atoms with E-state index in [1.54, 1.807) is 6.07 Å². The molecule has 2 atom stereocenters. The van der Waals surface area contributed by atoms with Gasteiger partial charge in [-0.2, -0.15) is 0 Å². The molecule has 7 heterocycles. The van der Waals surface area contributed by atoms with Crippen molar-refractivity contribution >= 4 is 29.2 Å². The molecule has 9 rings (SSSR count). The molecule has 54 heavy (non-hydrogen) atoms. The predicted octanol–water partition coefficient (Wildman–Crippen LogP) is 4.90. The van der Waals surface area contributed by atoms with Crippen molar-refractivity contribution in [3.8, 4) is 17.0 Å². The number of esters is 1. The molecule has 1 aliphatic carbocycles. The van der Waals surface area contributed by atoms with Crippen LogP contribution in [0.1, 0.15) is 69.6 Å². The third-order valence-electron chi connectivity index (χ3n) is 12.5. The number of fused-ring (bicyclic) bond motifs is 3. The smallest absolute Gasteiger partial charge is 0.317 e. The number of aromatic hydroxyl groups is 1. The third kappa shape index (κ3) is 6.37. The van der Waals surface area contributed by atoms with Gasteiger partial charge in [-0.25, -0.2) is 9.97 Å². The van der Waals surface area contributed by atoms with Gasteiger partial charge in [-0.1, -0.05) is 31.1 Å². The van der Waals surface area contributed by atoms with E-state index in [1.807, 2.05) is 51.1 Å². The highest BCUT2D eigenvalue weighted by atomic mass is 16.5. The van der Waals surface area contributed by atoms with Gasteiger partial charge in [-0.05, 0) is 81.3 Å². The van der Waals surface area contributed by atoms with Crippen molar-refractivity contribution in [2.75, 3.05) is 79.0 Å². The van der Waals surface area contributed by atoms with E-state index in [2.05, 4.69) is 52.7 Å². The molecule has 1 unspecified atom stereocenters. The Bertz CT molecular complexity index is 1970. The first-order valence-corrected chi connectivity index (χ1v) is 19.6. The Morgan fingerprint density at radius 3 is 2.54 bits per heavy atom. The van der Waals surface area contributed by atoms with Crippen LogP contribution in [0.25, 0.3) is 11.3 Å². The minimum absolute atomic E-state index is 0.0716. The van der Waals surface area contributed by atoms with Gasteiger partial charge in [0, 0.05) is 74.7 Å². The Morgan fingerprint density at radius 2 is 1.80 bits per heavy atom. The van der Waals surface area contributed by atoms with Gasteiger partial charge in [0.2, 0.25) is 5.95 Å². The van der Waals surface area contributed by atoms with Crippen molar-refractivity contribution in [3.05, 3.63) is 60.1 Å². The van der Waals surface area contributed by atoms with Crippen LogP contribution < -0.4 is 20.0 Å². The normalized spacial score (nSPS) is 21.9. The molecule has 1 saturated carbocycles. The summed E-state index contributed by atoms with van der Waals surface area (Å²) in [5.41, 5.74) is 3.97. The topological polar surface area (TPSA) is 149 Å². The highest BCUT2D eigenvalue weighted by molar-refractivity contribution is 5.78. The fourth-order valence-electron chi connectivity index (χ4n) is 9.50. The molecule has 3 aromatic heterocycles.